The predicted molar refractivity (Wildman–Crippen MR) is 466 cm³/mol. The van der Waals surface area contributed by atoms with Crippen LogP contribution >= 0.6 is 34.7 Å². The van der Waals surface area contributed by atoms with Crippen molar-refractivity contribution >= 4 is 140 Å². The number of sulfonamides is 3. The summed E-state index contributed by atoms with van der Waals surface area (Å²) in [4.78, 5) is 106. The Morgan fingerprint density at radius 2 is 0.647 bits per heavy atom. The van der Waals surface area contributed by atoms with Crippen molar-refractivity contribution in [2.45, 2.75) is 91.8 Å². The number of nitrogens with two attached hydrogens (primary N) is 3. The first kappa shape index (κ1) is 111. The van der Waals surface area contributed by atoms with Crippen LogP contribution in [0, 0.1) is 30.3 Å². The molecule has 8 aromatic rings. The number of carbonyl (C=O) groups is 6. The van der Waals surface area contributed by atoms with E-state index in [4.69, 9.17) is 43.4 Å². The Labute approximate surface area is 712 Å². The van der Waals surface area contributed by atoms with Crippen molar-refractivity contribution in [3.8, 4) is 0 Å². The second-order valence-corrected chi connectivity index (χ2v) is 41.0. The summed E-state index contributed by atoms with van der Waals surface area (Å²) in [5.74, 6) is -1.63. The number of halogens is 3. The van der Waals surface area contributed by atoms with Crippen LogP contribution in [0.2, 0.25) is 18.1 Å². The Morgan fingerprint density at radius 1 is 0.420 bits per heavy atom. The molecular formula is C77H104Cl3N13O21S4Si. The highest BCUT2D eigenvalue weighted by molar-refractivity contribution is 8.13. The summed E-state index contributed by atoms with van der Waals surface area (Å²) in [7, 11) is 9.67. The largest absolute Gasteiger partial charge is 0.478 e. The fourth-order valence-electron chi connectivity index (χ4n) is 8.21. The average Bonchev–Trinajstić information content (AvgIpc) is 0.796. The van der Waals surface area contributed by atoms with Gasteiger partial charge in [-0.05, 0) is 189 Å². The number of carboxylic acid groups (broad SMARTS) is 1. The van der Waals surface area contributed by atoms with Gasteiger partial charge in [0, 0.05) is 150 Å². The molecule has 0 aliphatic carbocycles. The molecule has 0 bridgehead atoms. The number of rotatable bonds is 19. The lowest BCUT2D eigenvalue weighted by Gasteiger charge is -2.36. The highest BCUT2D eigenvalue weighted by Gasteiger charge is 2.39. The second kappa shape index (κ2) is 51.1. The molecule has 34 nitrogen and oxygen atoms in total. The van der Waals surface area contributed by atoms with E-state index >= 15 is 0 Å². The number of aromatic carboxylic acids is 1. The van der Waals surface area contributed by atoms with E-state index in [2.05, 4.69) is 43.9 Å². The number of nitrogens with zero attached hydrogens (tertiary/aromatic N) is 9. The Bertz CT molecular complexity index is 4890. The molecule has 0 unspecified atom stereocenters. The monoisotopic (exact) mass is 1810 g/mol. The maximum atomic E-state index is 12.5. The third-order valence-corrected chi connectivity index (χ3v) is 26.5. The average molecular weight is 1810 g/mol. The van der Waals surface area contributed by atoms with Crippen molar-refractivity contribution in [1.29, 1.82) is 0 Å². The van der Waals surface area contributed by atoms with Crippen molar-refractivity contribution < 1.29 is 82.3 Å². The van der Waals surface area contributed by atoms with Gasteiger partial charge in [-0.25, -0.2) is 53.1 Å². The van der Waals surface area contributed by atoms with E-state index in [0.717, 1.165) is 36.3 Å². The van der Waals surface area contributed by atoms with Gasteiger partial charge in [0.05, 0.1) is 39.9 Å². The number of hydrogen-bond donors (Lipinski definition) is 5. The first-order valence-corrected chi connectivity index (χ1v) is 45.0. The first-order chi connectivity index (χ1) is 54.1. The molecule has 4 amide bonds. The number of nitro benzene ring substituents is 3. The lowest BCUT2D eigenvalue weighted by molar-refractivity contribution is -0.385. The van der Waals surface area contributed by atoms with E-state index in [1.807, 2.05) is 58.3 Å². The van der Waals surface area contributed by atoms with Crippen LogP contribution in [0.5, 0.6) is 0 Å². The van der Waals surface area contributed by atoms with Gasteiger partial charge in [-0.15, -0.1) is 12.4 Å². The maximum Gasteiger partial charge on any atom is 0.335 e. The fraction of sp³-hybridized carbons (Fsp3) is 0.299. The first-order valence-electron chi connectivity index (χ1n) is 34.8. The smallest absolute Gasteiger partial charge is 0.335 e. The van der Waals surface area contributed by atoms with Crippen molar-refractivity contribution in [3.63, 3.8) is 0 Å². The Hall–Kier alpha value is -10.5. The summed E-state index contributed by atoms with van der Waals surface area (Å²) in [5.41, 5.74) is 10.4. The Balaban J connectivity index is 0. The molecule has 0 heterocycles. The van der Waals surface area contributed by atoms with Gasteiger partial charge in [0.1, 0.15) is 8.24 Å². The minimum absolute atomic E-state index is 0. The molecule has 0 fully saturated rings. The number of benzene rings is 8. The van der Waals surface area contributed by atoms with Crippen LogP contribution in [0.15, 0.2) is 214 Å². The van der Waals surface area contributed by atoms with E-state index in [1.165, 1.54) is 147 Å². The summed E-state index contributed by atoms with van der Waals surface area (Å²) in [5, 5.41) is 48.3. The third-order valence-electron chi connectivity index (χ3n) is 15.3. The van der Waals surface area contributed by atoms with E-state index < -0.39 is 73.3 Å². The van der Waals surface area contributed by atoms with Gasteiger partial charge in [0.15, 0.2) is 0 Å². The molecule has 42 heteroatoms. The number of amides is 4. The van der Waals surface area contributed by atoms with Crippen LogP contribution < -0.4 is 20.4 Å². The van der Waals surface area contributed by atoms with Crippen LogP contribution in [0.4, 0.5) is 22.7 Å². The molecule has 8 rings (SSSR count). The van der Waals surface area contributed by atoms with Gasteiger partial charge in [-0.1, -0.05) is 78.4 Å². The molecule has 0 aromatic heterocycles. The molecule has 0 atom stereocenters. The number of hydrogen-bond acceptors (Lipinski definition) is 23. The summed E-state index contributed by atoms with van der Waals surface area (Å²) in [6.45, 7) is 16.2. The Morgan fingerprint density at radius 3 is 0.866 bits per heavy atom. The van der Waals surface area contributed by atoms with Crippen molar-refractivity contribution in [2.75, 3.05) is 90.3 Å². The van der Waals surface area contributed by atoms with Crippen LogP contribution in [-0.2, 0) is 52.2 Å². The molecule has 652 valence electrons. The molecule has 0 aliphatic rings. The lowest BCUT2D eigenvalue weighted by atomic mass is 10.2. The number of nitrogen functional groups attached to an aromatic ring is 1. The summed E-state index contributed by atoms with van der Waals surface area (Å²) in [6, 6.07) is 46.8. The zero-order chi connectivity index (χ0) is 91.4. The number of non-ortho nitro benzene ring substituents is 3. The summed E-state index contributed by atoms with van der Waals surface area (Å²) >= 11 is 5.13. The highest BCUT2D eigenvalue weighted by atomic mass is 35.7. The number of anilines is 1. The van der Waals surface area contributed by atoms with Gasteiger partial charge in [-0.3, -0.25) is 54.3 Å². The zero-order valence-corrected chi connectivity index (χ0v) is 75.9. The molecule has 119 heavy (non-hydrogen) atoms. The van der Waals surface area contributed by atoms with Crippen molar-refractivity contribution in [2.24, 2.45) is 10.3 Å². The van der Waals surface area contributed by atoms with E-state index in [1.54, 1.807) is 105 Å². The van der Waals surface area contributed by atoms with Gasteiger partial charge in [0.25, 0.3) is 55.0 Å². The van der Waals surface area contributed by atoms with Gasteiger partial charge >= 0.3 is 5.97 Å². The highest BCUT2D eigenvalue weighted by Crippen LogP contribution is 2.35. The summed E-state index contributed by atoms with van der Waals surface area (Å²) < 4.78 is 93.6. The number of carboxylic acids is 1. The topological polar surface area (TPSA) is 498 Å². The lowest BCUT2D eigenvalue weighted by Crippen LogP contribution is -2.54. The molecule has 8 N–H and O–H groups in total. The second-order valence-electron chi connectivity index (χ2n) is 27.9. The fourth-order valence-corrected chi connectivity index (χ4v) is 15.0. The van der Waals surface area contributed by atoms with Gasteiger partial charge in [-0.2, -0.15) is 0 Å². The number of nitrogens with one attached hydrogen (secondary N) is 1. The van der Waals surface area contributed by atoms with Crippen LogP contribution in [-0.4, -0.2) is 211 Å². The van der Waals surface area contributed by atoms with Crippen molar-refractivity contribution in [3.05, 3.63) is 269 Å². The summed E-state index contributed by atoms with van der Waals surface area (Å²) in [6.07, 6.45) is 1.25. The van der Waals surface area contributed by atoms with E-state index in [9.17, 15) is 92.8 Å². The van der Waals surface area contributed by atoms with Crippen LogP contribution in [0.3, 0.4) is 0 Å². The molecule has 8 aromatic carbocycles. The molecule has 0 aliphatic heterocycles. The standard InChI is InChI=1S/C15H28N2O2SSi.C9H10ClNO3S.C9H12N2O3S.C9H10N2O3.C9H14N2O2S.C9H12N2O.C7H4ClNO3.C7H5NO4.C3H8.ClH/c1-15(2,3)21(6,7)16-20(18,19)14-10-8-13(9-11-14)12-17(4)5;2*1-11(2)9(12)7-3-5-8(6-4-7)15(10,13)14;1-10(2)9(12)7-3-5-8(6-4-7)11(13)14;1-11(2)7-8-3-5-9(6-4-8)14(10,12)13;1-11(2)9(12)7-3-5-8(10)6-4-7;8-7(10)5-1-3-6(4-2-5)9(11)12;9-7(10)5-1-3-6(4-2-5)8(11)12;1-3-2;/h8-11,16H,12H2,1-7H3;3-6H,1-2H3;3-6H,1-2H3,(H2,10,13,14);3-6H,1-2H3;3-6H,7H2,1-2H3,(H2,10,12,13);3-6H,10H2,1-2H3;1-4H;1-4H,(H,9,10);3H2,1-2H3;1H. The van der Waals surface area contributed by atoms with E-state index in [-0.39, 0.29) is 83.9 Å². The van der Waals surface area contributed by atoms with Crippen molar-refractivity contribution in [1.82, 2.24) is 33.8 Å². The molecule has 0 saturated heterocycles. The Kier molecular flexibility index (Phi) is 47.4. The minimum Gasteiger partial charge on any atom is -0.478 e. The third kappa shape index (κ3) is 42.1. The number of primary sulfonamides is 2. The molecule has 0 spiro atoms. The maximum absolute atomic E-state index is 12.5. The van der Waals surface area contributed by atoms with Gasteiger partial charge < -0.3 is 40.2 Å². The van der Waals surface area contributed by atoms with Gasteiger partial charge in [0.2, 0.25) is 30.1 Å². The zero-order valence-electron chi connectivity index (χ0n) is 69.3. The van der Waals surface area contributed by atoms with Crippen LogP contribution in [0.25, 0.3) is 0 Å². The number of carbonyl (C=O) groups excluding carboxylic acids is 5. The molecule has 0 radical (unpaired) electrons. The normalized spacial score (nSPS) is 10.8. The molecular weight excluding hydrogens is 1710 g/mol. The van der Waals surface area contributed by atoms with Crippen LogP contribution in [0.1, 0.15) is 114 Å². The predicted octanol–water partition coefficient (Wildman–Crippen LogP) is 12.2. The number of nitro groups is 3. The SMILES string of the molecule is CCC.CN(C)C(=O)c1ccc(N)cc1.CN(C)C(=O)c1ccc(S(=O)(=O)Cl)cc1.CN(C)C(=O)c1ccc(S(N)(=O)=O)cc1.CN(C)C(=O)c1ccc([N+](=O)[O-])cc1.CN(C)Cc1ccc(S(=O)(=O)N[Si](C)(C)C(C)(C)C)cc1.CN(C)Cc1ccc(S(N)(=O)=O)cc1.Cl.O=C(Cl)c1ccc([N+](=O)[O-])cc1.O=C(O)c1ccc([N+](=O)[O-])cc1. The minimum atomic E-state index is -3.72. The quantitative estimate of drug-likeness (QED) is 0.0165. The molecule has 0 saturated carbocycles. The van der Waals surface area contributed by atoms with E-state index in [0.29, 0.717) is 32.8 Å².